The molecule has 0 aromatic heterocycles. The van der Waals surface area contributed by atoms with Gasteiger partial charge in [0.05, 0.1) is 17.8 Å². The monoisotopic (exact) mass is 404 g/mol. The van der Waals surface area contributed by atoms with Gasteiger partial charge < -0.3 is 18.5 Å². The molecule has 0 saturated carbocycles. The van der Waals surface area contributed by atoms with Crippen LogP contribution in [0.15, 0.2) is 18.2 Å². The molecule has 1 atom stereocenters. The number of ether oxygens (including phenoxy) is 1. The summed E-state index contributed by atoms with van der Waals surface area (Å²) in [7, 11) is -2.07. The molecule has 1 aromatic carbocycles. The van der Waals surface area contributed by atoms with E-state index in [1.807, 2.05) is 0 Å². The van der Waals surface area contributed by atoms with Gasteiger partial charge in [-0.2, -0.15) is 0 Å². The maximum absolute atomic E-state index is 6.37. The van der Waals surface area contributed by atoms with E-state index in [0.29, 0.717) is 6.61 Å². The molecule has 0 N–H and O–H groups in total. The Bertz CT molecular complexity index is 708. The fraction of sp³-hybridized carbons (Fsp3) is 0.727. The van der Waals surface area contributed by atoms with Crippen molar-refractivity contribution in [1.29, 1.82) is 0 Å². The smallest absolute Gasteiger partial charge is 0.488 e. The summed E-state index contributed by atoms with van der Waals surface area (Å²) >= 11 is 0. The molecular formula is C22H37BO4Si. The van der Waals surface area contributed by atoms with Crippen LogP contribution >= 0.6 is 0 Å². The molecule has 6 heteroatoms. The zero-order valence-corrected chi connectivity index (χ0v) is 20.1. The Morgan fingerprint density at radius 1 is 1.11 bits per heavy atom. The zero-order valence-electron chi connectivity index (χ0n) is 19.1. The molecule has 0 amide bonds. The van der Waals surface area contributed by atoms with Crippen molar-refractivity contribution < 1.29 is 18.5 Å². The predicted octanol–water partition coefficient (Wildman–Crippen LogP) is 4.70. The molecule has 1 fully saturated rings. The molecule has 0 unspecified atom stereocenters. The van der Waals surface area contributed by atoms with Gasteiger partial charge in [0.2, 0.25) is 0 Å². The van der Waals surface area contributed by atoms with Gasteiger partial charge in [-0.15, -0.1) is 0 Å². The number of rotatable bonds is 4. The van der Waals surface area contributed by atoms with Crippen molar-refractivity contribution in [2.45, 2.75) is 96.7 Å². The summed E-state index contributed by atoms with van der Waals surface area (Å²) in [6, 6.07) is 6.31. The standard InChI is InChI=1S/C22H37BO4Si/c1-20(2,3)28(8,9)24-15-18-12-10-16-14-17(11-13-19(16)25-18)23-26-21(4,5)22(6,7)27-23/h11,13-14,18H,10,12,15H2,1-9H3/t18-/m1/s1. The van der Waals surface area contributed by atoms with E-state index in [2.05, 4.69) is 79.8 Å². The maximum Gasteiger partial charge on any atom is 0.494 e. The SMILES string of the molecule is CC1(C)OB(c2ccc3c(c2)CC[C@H](CO[Si](C)(C)C(C)(C)C)O3)OC1(C)C. The Kier molecular flexibility index (Phi) is 5.59. The van der Waals surface area contributed by atoms with Gasteiger partial charge >= 0.3 is 7.12 Å². The third kappa shape index (κ3) is 4.20. The highest BCUT2D eigenvalue weighted by Crippen LogP contribution is 2.38. The van der Waals surface area contributed by atoms with E-state index >= 15 is 0 Å². The minimum Gasteiger partial charge on any atom is -0.488 e. The first-order valence-electron chi connectivity index (χ1n) is 10.5. The van der Waals surface area contributed by atoms with E-state index in [4.69, 9.17) is 18.5 Å². The fourth-order valence-corrected chi connectivity index (χ4v) is 4.26. The lowest BCUT2D eigenvalue weighted by Crippen LogP contribution is -2.44. The van der Waals surface area contributed by atoms with Gasteiger partial charge in [0.25, 0.3) is 0 Å². The lowest BCUT2D eigenvalue weighted by molar-refractivity contribution is 0.00578. The quantitative estimate of drug-likeness (QED) is 0.682. The van der Waals surface area contributed by atoms with Gasteiger partial charge in [0.15, 0.2) is 8.32 Å². The van der Waals surface area contributed by atoms with E-state index in [1.54, 1.807) is 0 Å². The van der Waals surface area contributed by atoms with E-state index < -0.39 is 8.32 Å². The second-order valence-corrected chi connectivity index (χ2v) is 15.6. The number of aryl methyl sites for hydroxylation is 1. The number of hydrogen-bond acceptors (Lipinski definition) is 4. The van der Waals surface area contributed by atoms with Crippen LogP contribution in [0.5, 0.6) is 5.75 Å². The highest BCUT2D eigenvalue weighted by atomic mass is 28.4. The number of hydrogen-bond donors (Lipinski definition) is 0. The van der Waals surface area contributed by atoms with Crippen molar-refractivity contribution >= 4 is 20.9 Å². The zero-order chi connectivity index (χ0) is 21.0. The first-order valence-corrected chi connectivity index (χ1v) is 13.4. The topological polar surface area (TPSA) is 36.9 Å². The van der Waals surface area contributed by atoms with Gasteiger partial charge in [-0.1, -0.05) is 32.9 Å². The van der Waals surface area contributed by atoms with Crippen LogP contribution in [0.1, 0.15) is 60.5 Å². The predicted molar refractivity (Wildman–Crippen MR) is 118 cm³/mol. The van der Waals surface area contributed by atoms with E-state index in [-0.39, 0.29) is 29.5 Å². The first kappa shape index (κ1) is 21.9. The lowest BCUT2D eigenvalue weighted by Gasteiger charge is -2.38. The van der Waals surface area contributed by atoms with Crippen LogP contribution < -0.4 is 10.2 Å². The van der Waals surface area contributed by atoms with Gasteiger partial charge in [-0.25, -0.2) is 0 Å². The highest BCUT2D eigenvalue weighted by Gasteiger charge is 2.51. The van der Waals surface area contributed by atoms with Gasteiger partial charge in [-0.3, -0.25) is 0 Å². The summed E-state index contributed by atoms with van der Waals surface area (Å²) in [5.74, 6) is 0.968. The third-order valence-electron chi connectivity index (χ3n) is 7.08. The van der Waals surface area contributed by atoms with Crippen LogP contribution in [0.4, 0.5) is 0 Å². The summed E-state index contributed by atoms with van der Waals surface area (Å²) in [6.45, 7) is 20.4. The minimum atomic E-state index is -1.75. The van der Waals surface area contributed by atoms with Crippen LogP contribution in [0.3, 0.4) is 0 Å². The van der Waals surface area contributed by atoms with Crippen molar-refractivity contribution in [3.8, 4) is 5.75 Å². The summed E-state index contributed by atoms with van der Waals surface area (Å²) in [5, 5.41) is 0.220. The molecule has 0 aliphatic carbocycles. The molecule has 156 valence electrons. The van der Waals surface area contributed by atoms with Crippen molar-refractivity contribution in [3.63, 3.8) is 0 Å². The molecule has 28 heavy (non-hydrogen) atoms. The molecule has 3 rings (SSSR count). The minimum absolute atomic E-state index is 0.129. The molecule has 2 aliphatic rings. The number of fused-ring (bicyclic) bond motifs is 1. The van der Waals surface area contributed by atoms with Crippen molar-refractivity contribution in [3.05, 3.63) is 23.8 Å². The average Bonchev–Trinajstić information content (AvgIpc) is 2.79. The van der Waals surface area contributed by atoms with E-state index in [9.17, 15) is 0 Å². The lowest BCUT2D eigenvalue weighted by atomic mass is 9.77. The second-order valence-electron chi connectivity index (χ2n) is 10.8. The summed E-state index contributed by atoms with van der Waals surface area (Å²) in [4.78, 5) is 0. The van der Waals surface area contributed by atoms with Gasteiger partial charge in [-0.05, 0) is 75.8 Å². The summed E-state index contributed by atoms with van der Waals surface area (Å²) in [6.07, 6.45) is 2.10. The van der Waals surface area contributed by atoms with E-state index in [1.165, 1.54) is 5.56 Å². The van der Waals surface area contributed by atoms with Crippen molar-refractivity contribution in [1.82, 2.24) is 0 Å². The van der Waals surface area contributed by atoms with Gasteiger partial charge in [0.1, 0.15) is 11.9 Å². The highest BCUT2D eigenvalue weighted by molar-refractivity contribution is 6.74. The summed E-state index contributed by atoms with van der Waals surface area (Å²) < 4.78 is 25.0. The Morgan fingerprint density at radius 2 is 1.71 bits per heavy atom. The van der Waals surface area contributed by atoms with Crippen molar-refractivity contribution in [2.75, 3.05) is 6.61 Å². The van der Waals surface area contributed by atoms with E-state index in [0.717, 1.165) is 24.1 Å². The van der Waals surface area contributed by atoms with Crippen LogP contribution in [0.2, 0.25) is 18.1 Å². The molecule has 2 aliphatic heterocycles. The largest absolute Gasteiger partial charge is 0.494 e. The van der Waals surface area contributed by atoms with Crippen LogP contribution in [0, 0.1) is 0 Å². The first-order chi connectivity index (χ1) is 12.7. The number of benzene rings is 1. The molecule has 1 saturated heterocycles. The van der Waals surface area contributed by atoms with Crippen molar-refractivity contribution in [2.24, 2.45) is 0 Å². The van der Waals surface area contributed by atoms with Gasteiger partial charge in [0, 0.05) is 0 Å². The normalized spacial score (nSPS) is 24.0. The Balaban J connectivity index is 1.65. The second kappa shape index (κ2) is 7.15. The third-order valence-corrected chi connectivity index (χ3v) is 11.6. The van der Waals surface area contributed by atoms with Crippen LogP contribution in [0.25, 0.3) is 0 Å². The fourth-order valence-electron chi connectivity index (χ4n) is 3.23. The summed E-state index contributed by atoms with van der Waals surface area (Å²) in [5.41, 5.74) is 1.65. The van der Waals surface area contributed by atoms with Crippen LogP contribution in [-0.2, 0) is 20.2 Å². The Hall–Kier alpha value is -0.818. The molecular weight excluding hydrogens is 367 g/mol. The van der Waals surface area contributed by atoms with Crippen LogP contribution in [-0.4, -0.2) is 39.3 Å². The molecule has 4 nitrogen and oxygen atoms in total. The average molecular weight is 404 g/mol. The Morgan fingerprint density at radius 3 is 2.29 bits per heavy atom. The molecule has 0 radical (unpaired) electrons. The maximum atomic E-state index is 6.37. The Labute approximate surface area is 172 Å². The molecule has 0 spiro atoms. The molecule has 0 bridgehead atoms. The molecule has 1 aromatic rings. The molecule has 2 heterocycles.